The molecule has 136 valence electrons. The van der Waals surface area contributed by atoms with Crippen LogP contribution in [0.25, 0.3) is 0 Å². The Kier molecular flexibility index (Phi) is 6.93. The maximum atomic E-state index is 13.3. The Hall–Kier alpha value is -1.50. The van der Waals surface area contributed by atoms with Gasteiger partial charge in [0.05, 0.1) is 0 Å². The fourth-order valence-electron chi connectivity index (χ4n) is 3.45. The number of nitrogens with one attached hydrogen (secondary N) is 1. The van der Waals surface area contributed by atoms with Gasteiger partial charge < -0.3 is 11.1 Å². The van der Waals surface area contributed by atoms with Crippen LogP contribution in [0, 0.1) is 5.82 Å². The van der Waals surface area contributed by atoms with Crippen molar-refractivity contribution in [1.82, 2.24) is 10.3 Å². The van der Waals surface area contributed by atoms with E-state index >= 15 is 0 Å². The minimum atomic E-state index is -0.231. The number of carbonyl (C=O) groups is 1. The molecule has 7 heteroatoms. The highest BCUT2D eigenvalue weighted by Crippen LogP contribution is 2.39. The molecular formula is C18H23ClFN3OS. The molecule has 4 nitrogen and oxygen atoms in total. The zero-order chi connectivity index (χ0) is 17.0. The Morgan fingerprint density at radius 3 is 2.52 bits per heavy atom. The monoisotopic (exact) mass is 383 g/mol. The van der Waals surface area contributed by atoms with Crippen molar-refractivity contribution in [1.29, 1.82) is 0 Å². The van der Waals surface area contributed by atoms with Crippen LogP contribution in [0.1, 0.15) is 53.2 Å². The number of thiazole rings is 1. The van der Waals surface area contributed by atoms with Crippen molar-refractivity contribution >= 4 is 29.7 Å². The van der Waals surface area contributed by atoms with Gasteiger partial charge in [-0.15, -0.1) is 23.7 Å². The molecule has 1 amide bonds. The number of aromatic nitrogens is 1. The second kappa shape index (κ2) is 8.74. The van der Waals surface area contributed by atoms with Gasteiger partial charge in [0, 0.05) is 23.9 Å². The summed E-state index contributed by atoms with van der Waals surface area (Å²) >= 11 is 1.40. The molecule has 0 radical (unpaired) electrons. The van der Waals surface area contributed by atoms with E-state index in [9.17, 15) is 9.18 Å². The van der Waals surface area contributed by atoms with Crippen LogP contribution in [0.5, 0.6) is 0 Å². The molecule has 1 aromatic heterocycles. The maximum Gasteiger partial charge on any atom is 0.270 e. The second-order valence-corrected chi connectivity index (χ2v) is 7.30. The number of halogens is 2. The van der Waals surface area contributed by atoms with Crippen molar-refractivity contribution < 1.29 is 9.18 Å². The molecule has 0 bridgehead atoms. The molecule has 1 aliphatic rings. The fraction of sp³-hybridized carbons (Fsp3) is 0.444. The van der Waals surface area contributed by atoms with Gasteiger partial charge in [-0.2, -0.15) is 0 Å². The van der Waals surface area contributed by atoms with Crippen LogP contribution in [-0.2, 0) is 12.0 Å². The van der Waals surface area contributed by atoms with E-state index in [2.05, 4.69) is 10.3 Å². The van der Waals surface area contributed by atoms with Gasteiger partial charge in [-0.25, -0.2) is 9.37 Å². The summed E-state index contributed by atoms with van der Waals surface area (Å²) in [6.07, 6.45) is 5.47. The van der Waals surface area contributed by atoms with Gasteiger partial charge in [-0.1, -0.05) is 31.4 Å². The van der Waals surface area contributed by atoms with E-state index in [0.717, 1.165) is 36.3 Å². The van der Waals surface area contributed by atoms with Crippen LogP contribution in [0.2, 0.25) is 0 Å². The van der Waals surface area contributed by atoms with Gasteiger partial charge in [0.25, 0.3) is 5.91 Å². The molecule has 1 aliphatic carbocycles. The molecule has 3 rings (SSSR count). The van der Waals surface area contributed by atoms with E-state index in [-0.39, 0.29) is 29.5 Å². The summed E-state index contributed by atoms with van der Waals surface area (Å²) in [7, 11) is 0. The normalized spacial score (nSPS) is 16.1. The Balaban J connectivity index is 0.00000225. The lowest BCUT2D eigenvalue weighted by Crippen LogP contribution is -2.42. The van der Waals surface area contributed by atoms with E-state index in [1.165, 1.54) is 29.9 Å². The number of nitrogens with two attached hydrogens (primary N) is 1. The average Bonchev–Trinajstić information content (AvgIpc) is 3.10. The lowest BCUT2D eigenvalue weighted by atomic mass is 9.69. The van der Waals surface area contributed by atoms with Gasteiger partial charge in [-0.05, 0) is 30.5 Å². The molecule has 25 heavy (non-hydrogen) atoms. The van der Waals surface area contributed by atoms with Crippen molar-refractivity contribution in [3.05, 3.63) is 51.7 Å². The predicted octanol–water partition coefficient (Wildman–Crippen LogP) is 3.79. The molecule has 0 unspecified atom stereocenters. The van der Waals surface area contributed by atoms with E-state index in [4.69, 9.17) is 5.73 Å². The number of nitrogens with zero attached hydrogens (tertiary/aromatic N) is 1. The second-order valence-electron chi connectivity index (χ2n) is 6.36. The zero-order valence-corrected chi connectivity index (χ0v) is 15.6. The van der Waals surface area contributed by atoms with Crippen molar-refractivity contribution in [2.45, 2.75) is 44.1 Å². The standard InChI is InChI=1S/C18H22FN3OS.ClH/c19-14-6-4-13(5-7-14)18(8-2-1-3-9-18)12-21-17(23)15-11-24-16(10-20)22-15;/h4-7,11H,1-3,8-10,12,20H2,(H,21,23);1H. The summed E-state index contributed by atoms with van der Waals surface area (Å²) in [5.74, 6) is -0.399. The summed E-state index contributed by atoms with van der Waals surface area (Å²) in [4.78, 5) is 16.6. The minimum Gasteiger partial charge on any atom is -0.350 e. The summed E-state index contributed by atoms with van der Waals surface area (Å²) in [6, 6.07) is 6.70. The molecule has 2 aromatic rings. The summed E-state index contributed by atoms with van der Waals surface area (Å²) < 4.78 is 13.3. The first-order valence-corrected chi connectivity index (χ1v) is 9.20. The largest absolute Gasteiger partial charge is 0.350 e. The van der Waals surface area contributed by atoms with Crippen LogP contribution in [-0.4, -0.2) is 17.4 Å². The van der Waals surface area contributed by atoms with Crippen molar-refractivity contribution in [2.24, 2.45) is 5.73 Å². The molecule has 1 fully saturated rings. The van der Waals surface area contributed by atoms with Crippen molar-refractivity contribution in [2.75, 3.05) is 6.54 Å². The fourth-order valence-corrected chi connectivity index (χ4v) is 4.10. The molecule has 1 heterocycles. The number of amides is 1. The van der Waals surface area contributed by atoms with Gasteiger partial charge in [0.15, 0.2) is 0 Å². The number of carbonyl (C=O) groups excluding carboxylic acids is 1. The lowest BCUT2D eigenvalue weighted by Gasteiger charge is -2.38. The SMILES string of the molecule is Cl.NCc1nc(C(=O)NCC2(c3ccc(F)cc3)CCCCC2)cs1. The van der Waals surface area contributed by atoms with Crippen molar-refractivity contribution in [3.8, 4) is 0 Å². The van der Waals surface area contributed by atoms with Crippen LogP contribution < -0.4 is 11.1 Å². The average molecular weight is 384 g/mol. The van der Waals surface area contributed by atoms with Crippen molar-refractivity contribution in [3.63, 3.8) is 0 Å². The third-order valence-corrected chi connectivity index (χ3v) is 5.68. The minimum absolute atomic E-state index is 0. The Bertz CT molecular complexity index is 699. The highest BCUT2D eigenvalue weighted by atomic mass is 35.5. The van der Waals surface area contributed by atoms with Crippen LogP contribution in [0.3, 0.4) is 0 Å². The van der Waals surface area contributed by atoms with Crippen LogP contribution in [0.4, 0.5) is 4.39 Å². The molecule has 3 N–H and O–H groups in total. The van der Waals surface area contributed by atoms with Gasteiger partial charge in [-0.3, -0.25) is 4.79 Å². The first-order chi connectivity index (χ1) is 11.6. The molecule has 1 saturated carbocycles. The Morgan fingerprint density at radius 2 is 1.92 bits per heavy atom. The van der Waals surface area contributed by atoms with Gasteiger partial charge >= 0.3 is 0 Å². The first-order valence-electron chi connectivity index (χ1n) is 8.32. The van der Waals surface area contributed by atoms with E-state index in [1.807, 2.05) is 12.1 Å². The van der Waals surface area contributed by atoms with E-state index in [0.29, 0.717) is 18.8 Å². The third kappa shape index (κ3) is 4.57. The van der Waals surface area contributed by atoms with Gasteiger partial charge in [0.2, 0.25) is 0 Å². The Labute approximate surface area is 157 Å². The van der Waals surface area contributed by atoms with E-state index in [1.54, 1.807) is 5.38 Å². The van der Waals surface area contributed by atoms with Crippen LogP contribution in [0.15, 0.2) is 29.6 Å². The quantitative estimate of drug-likeness (QED) is 0.825. The Morgan fingerprint density at radius 1 is 1.24 bits per heavy atom. The zero-order valence-electron chi connectivity index (χ0n) is 14.0. The summed E-state index contributed by atoms with van der Waals surface area (Å²) in [5, 5.41) is 5.53. The number of hydrogen-bond donors (Lipinski definition) is 2. The topological polar surface area (TPSA) is 68.0 Å². The smallest absolute Gasteiger partial charge is 0.270 e. The lowest BCUT2D eigenvalue weighted by molar-refractivity contribution is 0.0932. The molecule has 0 saturated heterocycles. The predicted molar refractivity (Wildman–Crippen MR) is 101 cm³/mol. The number of hydrogen-bond acceptors (Lipinski definition) is 4. The highest BCUT2D eigenvalue weighted by Gasteiger charge is 2.34. The summed E-state index contributed by atoms with van der Waals surface area (Å²) in [6.45, 7) is 0.893. The molecule has 0 spiro atoms. The number of rotatable bonds is 5. The summed E-state index contributed by atoms with van der Waals surface area (Å²) in [5.41, 5.74) is 6.96. The van der Waals surface area contributed by atoms with Crippen LogP contribution >= 0.6 is 23.7 Å². The number of benzene rings is 1. The first kappa shape index (κ1) is 19.8. The highest BCUT2D eigenvalue weighted by molar-refractivity contribution is 7.09. The molecule has 0 atom stereocenters. The molecule has 1 aromatic carbocycles. The molecule has 0 aliphatic heterocycles. The van der Waals surface area contributed by atoms with E-state index < -0.39 is 0 Å². The molecular weight excluding hydrogens is 361 g/mol. The van der Waals surface area contributed by atoms with Gasteiger partial charge in [0.1, 0.15) is 16.5 Å². The third-order valence-electron chi connectivity index (χ3n) is 4.81. The maximum absolute atomic E-state index is 13.3.